The first-order chi connectivity index (χ1) is 27.1. The van der Waals surface area contributed by atoms with Gasteiger partial charge in [0.15, 0.2) is 17.4 Å². The summed E-state index contributed by atoms with van der Waals surface area (Å²) in [5.74, 6) is -0.497. The van der Waals surface area contributed by atoms with Crippen LogP contribution in [0.5, 0.6) is 23.3 Å². The van der Waals surface area contributed by atoms with Gasteiger partial charge >= 0.3 is 16.1 Å². The Bertz CT molecular complexity index is 2560. The molecule has 3 aromatic heterocycles. The van der Waals surface area contributed by atoms with Crippen molar-refractivity contribution in [1.82, 2.24) is 34.9 Å². The van der Waals surface area contributed by atoms with Crippen LogP contribution in [0.2, 0.25) is 0 Å². The largest absolute Gasteiger partial charge is 0.497 e. The first-order valence-electron chi connectivity index (χ1n) is 17.3. The first-order valence-corrected chi connectivity index (χ1v) is 18.9. The highest BCUT2D eigenvalue weighted by Crippen LogP contribution is 2.37. The molecule has 0 aliphatic carbocycles. The summed E-state index contributed by atoms with van der Waals surface area (Å²) in [7, 11) is -2.43. The van der Waals surface area contributed by atoms with Gasteiger partial charge in [-0.15, -0.1) is 0 Å². The van der Waals surface area contributed by atoms with Crippen LogP contribution in [-0.4, -0.2) is 69.6 Å². The van der Waals surface area contributed by atoms with E-state index in [0.717, 1.165) is 16.9 Å². The van der Waals surface area contributed by atoms with Gasteiger partial charge in [-0.2, -0.15) is 8.42 Å². The monoisotopic (exact) mass is 777 g/mol. The number of allylic oxidation sites excluding steroid dienone is 1. The van der Waals surface area contributed by atoms with E-state index in [2.05, 4.69) is 35.7 Å². The number of nitrogens with one attached hydrogen (secondary N) is 2. The Hall–Kier alpha value is -6.88. The minimum absolute atomic E-state index is 0.00467. The lowest BCUT2D eigenvalue weighted by Crippen LogP contribution is -2.40. The summed E-state index contributed by atoms with van der Waals surface area (Å²) in [6, 6.07) is 21.9. The van der Waals surface area contributed by atoms with E-state index in [4.69, 9.17) is 13.7 Å². The molecule has 7 rings (SSSR count). The maximum atomic E-state index is 15.9. The second-order valence-electron chi connectivity index (χ2n) is 12.6. The Morgan fingerprint density at radius 1 is 0.964 bits per heavy atom. The molecule has 0 atom stereocenters. The number of amides is 1. The number of anilines is 1. The SMILES string of the molecule is COc1ccc(CNc2ncnc3c(C)c(C4=CN(NC(=O)CCS(=O)(=O)Oc5ccccc5)CN=C4)n(-c4ccc(Oc5nccc(C)n5)c(F)c4)c23)cc1. The second kappa shape index (κ2) is 16.2. The molecule has 0 saturated carbocycles. The zero-order valence-corrected chi connectivity index (χ0v) is 31.3. The van der Waals surface area contributed by atoms with Crippen LogP contribution in [0.4, 0.5) is 10.2 Å². The Morgan fingerprint density at radius 3 is 2.52 bits per heavy atom. The van der Waals surface area contributed by atoms with E-state index in [1.54, 1.807) is 56.8 Å². The van der Waals surface area contributed by atoms with Gasteiger partial charge in [0.1, 0.15) is 30.0 Å². The molecule has 6 aromatic rings. The van der Waals surface area contributed by atoms with Crippen LogP contribution >= 0.6 is 0 Å². The van der Waals surface area contributed by atoms with Crippen molar-refractivity contribution >= 4 is 44.7 Å². The molecule has 1 amide bonds. The summed E-state index contributed by atoms with van der Waals surface area (Å²) >= 11 is 0. The van der Waals surface area contributed by atoms with Gasteiger partial charge in [-0.25, -0.2) is 24.3 Å². The van der Waals surface area contributed by atoms with E-state index in [0.29, 0.717) is 46.0 Å². The van der Waals surface area contributed by atoms with Gasteiger partial charge < -0.3 is 23.5 Å². The van der Waals surface area contributed by atoms with Crippen LogP contribution in [0, 0.1) is 19.7 Å². The smallest absolute Gasteiger partial charge is 0.322 e. The standard InChI is InChI=1S/C39H36FN9O6S/c1-25-15-17-42-39(46-25)54-33-14-11-29(19-32(33)40)49-36(26(2)35-37(49)38(45-23-44-35)43-20-27-9-12-30(53-3)13-10-27)28-21-41-24-48(22-28)47-34(50)16-18-56(51,52)55-31-7-5-4-6-8-31/h4-15,17,19,21-23H,16,18,20,24H2,1-3H3,(H,47,50)(H,43,44,45). The molecule has 0 fully saturated rings. The summed E-state index contributed by atoms with van der Waals surface area (Å²) < 4.78 is 58.9. The molecular weight excluding hydrogens is 742 g/mol. The summed E-state index contributed by atoms with van der Waals surface area (Å²) in [6.45, 7) is 4.11. The van der Waals surface area contributed by atoms with E-state index in [-0.39, 0.29) is 30.6 Å². The number of para-hydroxylation sites is 1. The van der Waals surface area contributed by atoms with E-state index in [9.17, 15) is 13.2 Å². The van der Waals surface area contributed by atoms with Crippen molar-refractivity contribution in [3.8, 4) is 28.9 Å². The van der Waals surface area contributed by atoms with E-state index < -0.39 is 27.6 Å². The van der Waals surface area contributed by atoms with Crippen molar-refractivity contribution < 1.29 is 31.3 Å². The predicted molar refractivity (Wildman–Crippen MR) is 208 cm³/mol. The van der Waals surface area contributed by atoms with Crippen LogP contribution in [0.15, 0.2) is 103 Å². The number of hydrogen-bond donors (Lipinski definition) is 2. The molecule has 0 saturated heterocycles. The quantitative estimate of drug-likeness (QED) is 0.126. The lowest BCUT2D eigenvalue weighted by molar-refractivity contribution is -0.124. The highest BCUT2D eigenvalue weighted by atomic mass is 32.2. The summed E-state index contributed by atoms with van der Waals surface area (Å²) in [6.07, 6.45) is 5.92. The van der Waals surface area contributed by atoms with Crippen molar-refractivity contribution in [3.63, 3.8) is 0 Å². The number of carbonyl (C=O) groups is 1. The molecule has 3 aromatic carbocycles. The van der Waals surface area contributed by atoms with Gasteiger partial charge in [0, 0.05) is 60.2 Å². The van der Waals surface area contributed by atoms with Crippen LogP contribution in [0.1, 0.15) is 28.9 Å². The van der Waals surface area contributed by atoms with Crippen LogP contribution in [0.25, 0.3) is 22.3 Å². The van der Waals surface area contributed by atoms with Gasteiger partial charge in [-0.3, -0.25) is 20.2 Å². The normalized spacial score (nSPS) is 12.6. The van der Waals surface area contributed by atoms with E-state index >= 15 is 4.39 Å². The average molecular weight is 778 g/mol. The molecule has 4 heterocycles. The Balaban J connectivity index is 1.22. The minimum Gasteiger partial charge on any atom is -0.497 e. The number of hydrazine groups is 1. The van der Waals surface area contributed by atoms with E-state index in [1.165, 1.54) is 41.8 Å². The number of aromatic nitrogens is 5. The summed E-state index contributed by atoms with van der Waals surface area (Å²) in [5.41, 5.74) is 7.74. The number of hydrogen-bond acceptors (Lipinski definition) is 13. The van der Waals surface area contributed by atoms with Gasteiger partial charge in [0.25, 0.3) is 0 Å². The number of benzene rings is 3. The topological polar surface area (TPSA) is 175 Å². The minimum atomic E-state index is -4.04. The van der Waals surface area contributed by atoms with Crippen LogP contribution in [0.3, 0.4) is 0 Å². The highest BCUT2D eigenvalue weighted by molar-refractivity contribution is 7.87. The number of carbonyl (C=O) groups excluding carboxylic acids is 1. The fourth-order valence-electron chi connectivity index (χ4n) is 5.96. The number of halogens is 1. The zero-order chi connectivity index (χ0) is 39.2. The maximum Gasteiger partial charge on any atom is 0.322 e. The molecule has 286 valence electrons. The molecule has 1 aliphatic rings. The predicted octanol–water partition coefficient (Wildman–Crippen LogP) is 5.89. The van der Waals surface area contributed by atoms with Gasteiger partial charge in [0.2, 0.25) is 5.91 Å². The molecular formula is C39H36FN9O6S. The summed E-state index contributed by atoms with van der Waals surface area (Å²) in [4.78, 5) is 35.0. The van der Waals surface area contributed by atoms with Crippen LogP contribution in [-0.2, 0) is 21.5 Å². The van der Waals surface area contributed by atoms with Gasteiger partial charge in [-0.05, 0) is 61.9 Å². The fourth-order valence-corrected chi connectivity index (χ4v) is 6.88. The number of ether oxygens (including phenoxy) is 2. The molecule has 1 aliphatic heterocycles. The fraction of sp³-hybridized carbons (Fsp3) is 0.179. The van der Waals surface area contributed by atoms with Gasteiger partial charge in [-0.1, -0.05) is 30.3 Å². The molecule has 0 unspecified atom stereocenters. The number of aliphatic imine (C=N–C) groups is 1. The lowest BCUT2D eigenvalue weighted by Gasteiger charge is -2.24. The third-order valence-electron chi connectivity index (χ3n) is 8.59. The van der Waals surface area contributed by atoms with Crippen molar-refractivity contribution in [3.05, 3.63) is 126 Å². The Kier molecular flexibility index (Phi) is 10.9. The van der Waals surface area contributed by atoms with Gasteiger partial charge in [0.05, 0.1) is 24.1 Å². The number of aryl methyl sites for hydroxylation is 2. The third-order valence-corrected chi connectivity index (χ3v) is 9.74. The molecule has 15 nitrogen and oxygen atoms in total. The summed E-state index contributed by atoms with van der Waals surface area (Å²) in [5, 5.41) is 4.85. The van der Waals surface area contributed by atoms with Crippen molar-refractivity contribution in [2.45, 2.75) is 26.8 Å². The van der Waals surface area contributed by atoms with Crippen LogP contribution < -0.4 is 24.4 Å². The van der Waals surface area contributed by atoms with Crippen molar-refractivity contribution in [2.75, 3.05) is 24.8 Å². The Labute approximate surface area is 321 Å². The van der Waals surface area contributed by atoms with Crippen molar-refractivity contribution in [2.24, 2.45) is 4.99 Å². The van der Waals surface area contributed by atoms with Crippen molar-refractivity contribution in [1.29, 1.82) is 0 Å². The molecule has 2 N–H and O–H groups in total. The molecule has 56 heavy (non-hydrogen) atoms. The van der Waals surface area contributed by atoms with E-state index in [1.807, 2.05) is 35.8 Å². The average Bonchev–Trinajstić information content (AvgIpc) is 3.50. The zero-order valence-electron chi connectivity index (χ0n) is 30.5. The number of fused-ring (bicyclic) bond motifs is 1. The maximum absolute atomic E-state index is 15.9. The second-order valence-corrected chi connectivity index (χ2v) is 14.3. The molecule has 0 bridgehead atoms. The number of nitrogens with zero attached hydrogens (tertiary/aromatic N) is 7. The molecule has 0 radical (unpaired) electrons. The Morgan fingerprint density at radius 2 is 1.77 bits per heavy atom. The highest BCUT2D eigenvalue weighted by Gasteiger charge is 2.25. The molecule has 0 spiro atoms. The molecule has 17 heteroatoms. The first kappa shape index (κ1) is 37.4. The number of methoxy groups -OCH3 is 1. The number of rotatable bonds is 14. The third kappa shape index (κ3) is 8.57. The lowest BCUT2D eigenvalue weighted by atomic mass is 10.1.